The normalized spacial score (nSPS) is 11.8. The van der Waals surface area contributed by atoms with E-state index in [1.54, 1.807) is 6.08 Å². The van der Waals surface area contributed by atoms with Gasteiger partial charge in [0.25, 0.3) is 0 Å². The van der Waals surface area contributed by atoms with Gasteiger partial charge in [0, 0.05) is 5.41 Å². The minimum atomic E-state index is -3.32. The van der Waals surface area contributed by atoms with E-state index in [9.17, 15) is 8.42 Å². The Balaban J connectivity index is 2.16. The fourth-order valence-corrected chi connectivity index (χ4v) is 2.35. The lowest BCUT2D eigenvalue weighted by atomic mass is 10.0. The van der Waals surface area contributed by atoms with E-state index in [0.717, 1.165) is 17.5 Å². The predicted octanol–water partition coefficient (Wildman–Crippen LogP) is 2.80. The van der Waals surface area contributed by atoms with Crippen LogP contribution in [-0.2, 0) is 16.4 Å². The van der Waals surface area contributed by atoms with Crippen molar-refractivity contribution in [3.63, 3.8) is 0 Å². The van der Waals surface area contributed by atoms with Crippen LogP contribution in [0.5, 0.6) is 0 Å². The van der Waals surface area contributed by atoms with Crippen molar-refractivity contribution in [2.75, 3.05) is 7.05 Å². The van der Waals surface area contributed by atoms with E-state index in [0.29, 0.717) is 0 Å². The highest BCUT2D eigenvalue weighted by Crippen LogP contribution is 2.12. The molecule has 0 aliphatic rings. The summed E-state index contributed by atoms with van der Waals surface area (Å²) in [6.07, 6.45) is 2.43. The van der Waals surface area contributed by atoms with Gasteiger partial charge < -0.3 is 0 Å². The van der Waals surface area contributed by atoms with E-state index in [1.165, 1.54) is 18.0 Å². The van der Waals surface area contributed by atoms with Crippen LogP contribution in [0.2, 0.25) is 0 Å². The first-order chi connectivity index (χ1) is 9.59. The highest BCUT2D eigenvalue weighted by Gasteiger charge is 2.00. The molecule has 2 aromatic carbocycles. The average Bonchev–Trinajstić information content (AvgIpc) is 2.47. The molecule has 0 spiro atoms. The molecule has 4 heteroatoms. The van der Waals surface area contributed by atoms with Gasteiger partial charge >= 0.3 is 0 Å². The van der Waals surface area contributed by atoms with Gasteiger partial charge in [-0.2, -0.15) is 0 Å². The molecule has 0 fully saturated rings. The molecule has 0 aromatic heterocycles. The average molecular weight is 287 g/mol. The number of hydrogen-bond donors (Lipinski definition) is 1. The van der Waals surface area contributed by atoms with Crippen LogP contribution in [0.1, 0.15) is 16.7 Å². The Morgan fingerprint density at radius 1 is 1.00 bits per heavy atom. The van der Waals surface area contributed by atoms with Gasteiger partial charge in [-0.15, -0.1) is 0 Å². The second-order valence-electron chi connectivity index (χ2n) is 4.46. The molecule has 0 heterocycles. The Kier molecular flexibility index (Phi) is 4.71. The summed E-state index contributed by atoms with van der Waals surface area (Å²) >= 11 is 0. The smallest absolute Gasteiger partial charge is 0.215 e. The first-order valence-electron chi connectivity index (χ1n) is 6.33. The minimum Gasteiger partial charge on any atom is -0.215 e. The van der Waals surface area contributed by atoms with Crippen LogP contribution in [0.4, 0.5) is 0 Å². The van der Waals surface area contributed by atoms with Crippen LogP contribution in [0.15, 0.2) is 60.0 Å². The minimum absolute atomic E-state index is 0.835. The van der Waals surface area contributed by atoms with Crippen LogP contribution in [0, 0.1) is 0 Å². The van der Waals surface area contributed by atoms with Crippen molar-refractivity contribution < 1.29 is 8.42 Å². The van der Waals surface area contributed by atoms with Gasteiger partial charge in [-0.1, -0.05) is 54.6 Å². The lowest BCUT2D eigenvalue weighted by Crippen LogP contribution is -2.14. The van der Waals surface area contributed by atoms with Crippen LogP contribution < -0.4 is 4.72 Å². The number of rotatable bonds is 5. The van der Waals surface area contributed by atoms with E-state index in [2.05, 4.69) is 16.9 Å². The first kappa shape index (κ1) is 14.5. The molecular weight excluding hydrogens is 270 g/mol. The van der Waals surface area contributed by atoms with Gasteiger partial charge in [0.05, 0.1) is 0 Å². The van der Waals surface area contributed by atoms with Crippen molar-refractivity contribution in [2.24, 2.45) is 0 Å². The van der Waals surface area contributed by atoms with E-state index in [-0.39, 0.29) is 0 Å². The summed E-state index contributed by atoms with van der Waals surface area (Å²) in [4.78, 5) is 0. The number of benzene rings is 2. The largest absolute Gasteiger partial charge is 0.233 e. The highest BCUT2D eigenvalue weighted by atomic mass is 32.2. The Labute approximate surface area is 120 Å². The molecule has 2 rings (SSSR count). The van der Waals surface area contributed by atoms with Crippen molar-refractivity contribution in [1.82, 2.24) is 4.72 Å². The topological polar surface area (TPSA) is 46.2 Å². The zero-order valence-electron chi connectivity index (χ0n) is 11.3. The summed E-state index contributed by atoms with van der Waals surface area (Å²) in [6, 6.07) is 18.0. The zero-order chi connectivity index (χ0) is 14.4. The maximum Gasteiger partial charge on any atom is 0.233 e. The van der Waals surface area contributed by atoms with Gasteiger partial charge in [-0.05, 0) is 36.2 Å². The molecule has 104 valence electrons. The summed E-state index contributed by atoms with van der Waals surface area (Å²) in [5, 5.41) is 1.18. The van der Waals surface area contributed by atoms with Crippen LogP contribution in [-0.4, -0.2) is 15.5 Å². The molecule has 0 unspecified atom stereocenters. The third kappa shape index (κ3) is 4.33. The molecule has 1 N–H and O–H groups in total. The van der Waals surface area contributed by atoms with Crippen LogP contribution >= 0.6 is 0 Å². The van der Waals surface area contributed by atoms with Gasteiger partial charge in [0.15, 0.2) is 0 Å². The molecule has 0 radical (unpaired) electrons. The molecule has 0 amide bonds. The van der Waals surface area contributed by atoms with E-state index < -0.39 is 10.0 Å². The van der Waals surface area contributed by atoms with E-state index in [1.807, 2.05) is 42.5 Å². The van der Waals surface area contributed by atoms with Gasteiger partial charge in [0.1, 0.15) is 0 Å². The van der Waals surface area contributed by atoms with Gasteiger partial charge in [0.2, 0.25) is 10.0 Å². The summed E-state index contributed by atoms with van der Waals surface area (Å²) < 4.78 is 25.0. The van der Waals surface area contributed by atoms with Crippen molar-refractivity contribution in [3.8, 4) is 0 Å². The molecule has 0 saturated carbocycles. The summed E-state index contributed by atoms with van der Waals surface area (Å²) in [5.74, 6) is 0. The number of nitrogens with one attached hydrogen (secondary N) is 1. The first-order valence-corrected chi connectivity index (χ1v) is 7.88. The Morgan fingerprint density at radius 3 is 2.40 bits per heavy atom. The van der Waals surface area contributed by atoms with Gasteiger partial charge in [-0.25, -0.2) is 13.1 Å². The number of hydrogen-bond acceptors (Lipinski definition) is 2. The fraction of sp³-hybridized carbons (Fsp3) is 0.125. The van der Waals surface area contributed by atoms with Crippen molar-refractivity contribution in [1.29, 1.82) is 0 Å². The van der Waals surface area contributed by atoms with Crippen LogP contribution in [0.25, 0.3) is 6.08 Å². The summed E-state index contributed by atoms with van der Waals surface area (Å²) in [6.45, 7) is 0. The zero-order valence-corrected chi connectivity index (χ0v) is 12.1. The fourth-order valence-electron chi connectivity index (χ4n) is 1.87. The standard InChI is InChI=1S/C16H17NO2S/c1-17-20(18,19)11-10-15-8-5-9-16(13-15)12-14-6-3-2-4-7-14/h2-11,13,17H,12H2,1H3. The van der Waals surface area contributed by atoms with Crippen molar-refractivity contribution >= 4 is 16.1 Å². The third-order valence-electron chi connectivity index (χ3n) is 2.93. The molecule has 0 bridgehead atoms. The molecule has 0 aliphatic carbocycles. The highest BCUT2D eigenvalue weighted by molar-refractivity contribution is 7.92. The lowest BCUT2D eigenvalue weighted by molar-refractivity contribution is 0.597. The van der Waals surface area contributed by atoms with E-state index in [4.69, 9.17) is 0 Å². The second-order valence-corrected chi connectivity index (χ2v) is 6.23. The maximum absolute atomic E-state index is 11.4. The Morgan fingerprint density at radius 2 is 1.70 bits per heavy atom. The van der Waals surface area contributed by atoms with Crippen molar-refractivity contribution in [3.05, 3.63) is 76.7 Å². The Hall–Kier alpha value is -1.91. The quantitative estimate of drug-likeness (QED) is 0.919. The molecule has 20 heavy (non-hydrogen) atoms. The Bertz CT molecular complexity index is 691. The summed E-state index contributed by atoms with van der Waals surface area (Å²) in [7, 11) is -1.93. The summed E-state index contributed by atoms with van der Waals surface area (Å²) in [5.41, 5.74) is 3.26. The van der Waals surface area contributed by atoms with Gasteiger partial charge in [-0.3, -0.25) is 0 Å². The molecule has 3 nitrogen and oxygen atoms in total. The maximum atomic E-state index is 11.4. The molecule has 2 aromatic rings. The van der Waals surface area contributed by atoms with E-state index >= 15 is 0 Å². The molecule has 0 saturated heterocycles. The third-order valence-corrected chi connectivity index (χ3v) is 3.99. The SMILES string of the molecule is CNS(=O)(=O)C=Cc1cccc(Cc2ccccc2)c1. The second kappa shape index (κ2) is 6.50. The molecule has 0 atom stereocenters. The monoisotopic (exact) mass is 287 g/mol. The number of sulfonamides is 1. The predicted molar refractivity (Wildman–Crippen MR) is 82.7 cm³/mol. The lowest BCUT2D eigenvalue weighted by Gasteiger charge is -2.03. The van der Waals surface area contributed by atoms with Crippen LogP contribution in [0.3, 0.4) is 0 Å². The molecule has 0 aliphatic heterocycles. The van der Waals surface area contributed by atoms with Crippen molar-refractivity contribution in [2.45, 2.75) is 6.42 Å². The molecular formula is C16H17NO2S.